The molecule has 1 atom stereocenters. The number of halogens is 5. The molecule has 0 radical (unpaired) electrons. The Balaban J connectivity index is 2.00. The Morgan fingerprint density at radius 3 is 2.50 bits per heavy atom. The molecule has 0 bridgehead atoms. The van der Waals surface area contributed by atoms with Crippen molar-refractivity contribution in [3.8, 4) is 5.75 Å². The van der Waals surface area contributed by atoms with E-state index in [1.165, 1.54) is 30.3 Å². The largest absolute Gasteiger partial charge is 0.435 e. The maximum Gasteiger partial charge on any atom is 0.387 e. The number of hydrogen-bond acceptors (Lipinski definition) is 5. The van der Waals surface area contributed by atoms with E-state index in [2.05, 4.69) is 15.0 Å². The Morgan fingerprint density at radius 2 is 1.91 bits per heavy atom. The van der Waals surface area contributed by atoms with Gasteiger partial charge in [0.1, 0.15) is 11.8 Å². The number of ether oxygens (including phenoxy) is 1. The Labute approximate surface area is 186 Å². The minimum atomic E-state index is -4.53. The molecule has 0 saturated carbocycles. The van der Waals surface area contributed by atoms with E-state index >= 15 is 0 Å². The van der Waals surface area contributed by atoms with Gasteiger partial charge in [-0.25, -0.2) is 22.2 Å². The van der Waals surface area contributed by atoms with Crippen molar-refractivity contribution in [2.75, 3.05) is 6.54 Å². The first kappa shape index (κ1) is 24.2. The molecule has 1 aliphatic heterocycles. The Hall–Kier alpha value is -2.44. The third-order valence-electron chi connectivity index (χ3n) is 4.69. The van der Waals surface area contributed by atoms with Gasteiger partial charge in [-0.1, -0.05) is 23.7 Å². The number of pyridine rings is 1. The van der Waals surface area contributed by atoms with E-state index in [9.17, 15) is 30.8 Å². The van der Waals surface area contributed by atoms with E-state index in [1.54, 1.807) is 0 Å². The summed E-state index contributed by atoms with van der Waals surface area (Å²) in [5, 5.41) is 1.98. The number of hydrogen-bond donors (Lipinski definition) is 1. The van der Waals surface area contributed by atoms with Crippen molar-refractivity contribution in [1.82, 2.24) is 14.6 Å². The van der Waals surface area contributed by atoms with E-state index in [0.29, 0.717) is 4.31 Å². The number of rotatable bonds is 7. The Bertz CT molecular complexity index is 1050. The lowest BCUT2D eigenvalue weighted by Gasteiger charge is -2.30. The molecule has 1 aromatic heterocycles. The van der Waals surface area contributed by atoms with Crippen LogP contribution in [0.1, 0.15) is 18.4 Å². The van der Waals surface area contributed by atoms with Crippen molar-refractivity contribution >= 4 is 27.5 Å². The summed E-state index contributed by atoms with van der Waals surface area (Å²) in [6.07, 6.45) is -0.592. The molecule has 2 heterocycles. The van der Waals surface area contributed by atoms with Crippen LogP contribution in [0.25, 0.3) is 0 Å². The van der Waals surface area contributed by atoms with Crippen molar-refractivity contribution < 1.29 is 35.5 Å². The van der Waals surface area contributed by atoms with Gasteiger partial charge >= 0.3 is 6.61 Å². The molecule has 2 aromatic rings. The van der Waals surface area contributed by atoms with Crippen molar-refractivity contribution in [1.29, 1.82) is 0 Å². The van der Waals surface area contributed by atoms with Crippen molar-refractivity contribution in [3.63, 3.8) is 0 Å². The van der Waals surface area contributed by atoms with Gasteiger partial charge in [0.25, 0.3) is 15.9 Å². The average molecular weight is 496 g/mol. The fourth-order valence-corrected chi connectivity index (χ4v) is 4.75. The second kappa shape index (κ2) is 9.59. The summed E-state index contributed by atoms with van der Waals surface area (Å²) >= 11 is 5.75. The van der Waals surface area contributed by atoms with Gasteiger partial charge in [0.15, 0.2) is 5.03 Å². The molecule has 7 nitrogen and oxygen atoms in total. The van der Waals surface area contributed by atoms with E-state index < -0.39 is 58.9 Å². The number of amides is 1. The number of nitrogens with one attached hydrogen (secondary N) is 1. The first-order valence-electron chi connectivity index (χ1n) is 9.31. The van der Waals surface area contributed by atoms with E-state index in [1.807, 2.05) is 0 Å². The molecular weight excluding hydrogens is 478 g/mol. The molecule has 1 N–H and O–H groups in total. The van der Waals surface area contributed by atoms with Crippen molar-refractivity contribution in [3.05, 3.63) is 53.2 Å². The molecule has 1 fully saturated rings. The smallest absolute Gasteiger partial charge is 0.387 e. The van der Waals surface area contributed by atoms with Crippen LogP contribution in [0, 0.1) is 0 Å². The quantitative estimate of drug-likeness (QED) is 0.594. The predicted molar refractivity (Wildman–Crippen MR) is 106 cm³/mol. The van der Waals surface area contributed by atoms with Crippen LogP contribution >= 0.6 is 11.6 Å². The summed E-state index contributed by atoms with van der Waals surface area (Å²) in [6.45, 7) is -3.85. The van der Waals surface area contributed by atoms with Crippen molar-refractivity contribution in [2.45, 2.75) is 43.0 Å². The molecule has 174 valence electrons. The fraction of sp³-hybridized carbons (Fsp3) is 0.368. The molecule has 1 saturated heterocycles. The lowest BCUT2D eigenvalue weighted by atomic mass is 10.1. The Kier molecular flexibility index (Phi) is 7.25. The van der Waals surface area contributed by atoms with Crippen LogP contribution in [-0.4, -0.2) is 48.7 Å². The molecule has 0 unspecified atom stereocenters. The lowest BCUT2D eigenvalue weighted by Crippen LogP contribution is -2.49. The first-order valence-corrected chi connectivity index (χ1v) is 11.1. The third-order valence-corrected chi connectivity index (χ3v) is 6.69. The lowest BCUT2D eigenvalue weighted by molar-refractivity contribution is -0.126. The zero-order valence-electron chi connectivity index (χ0n) is 16.4. The van der Waals surface area contributed by atoms with Crippen LogP contribution < -0.4 is 10.1 Å². The maximum absolute atomic E-state index is 14.3. The topological polar surface area (TPSA) is 88.6 Å². The molecule has 13 heteroatoms. The highest BCUT2D eigenvalue weighted by atomic mass is 35.5. The van der Waals surface area contributed by atoms with E-state index in [-0.39, 0.29) is 22.9 Å². The molecular formula is C19H18ClF4N3O4S. The minimum Gasteiger partial charge on any atom is -0.435 e. The van der Waals surface area contributed by atoms with Crippen LogP contribution in [0.15, 0.2) is 47.6 Å². The molecule has 1 aromatic carbocycles. The van der Waals surface area contributed by atoms with Gasteiger partial charge in [-0.05, 0) is 29.8 Å². The fourth-order valence-electron chi connectivity index (χ4n) is 3.15. The first-order chi connectivity index (χ1) is 15.0. The highest BCUT2D eigenvalue weighted by Gasteiger charge is 2.45. The van der Waals surface area contributed by atoms with E-state index in [4.69, 9.17) is 11.6 Å². The van der Waals surface area contributed by atoms with Gasteiger partial charge in [0, 0.05) is 32.1 Å². The Morgan fingerprint density at radius 1 is 1.22 bits per heavy atom. The van der Waals surface area contributed by atoms with Crippen LogP contribution in [0.2, 0.25) is 5.02 Å². The van der Waals surface area contributed by atoms with Crippen LogP contribution in [0.3, 0.4) is 0 Å². The molecule has 0 spiro atoms. The normalized spacial score (nSPS) is 19.0. The van der Waals surface area contributed by atoms with Crippen molar-refractivity contribution in [2.24, 2.45) is 0 Å². The predicted octanol–water partition coefficient (Wildman–Crippen LogP) is 3.44. The maximum atomic E-state index is 14.3. The summed E-state index contributed by atoms with van der Waals surface area (Å²) in [7, 11) is -4.53. The van der Waals surface area contributed by atoms with Crippen LogP contribution in [0.4, 0.5) is 17.6 Å². The number of alkyl halides is 4. The van der Waals surface area contributed by atoms with Gasteiger partial charge in [0.05, 0.1) is 5.02 Å². The summed E-state index contributed by atoms with van der Waals surface area (Å²) in [4.78, 5) is 16.3. The minimum absolute atomic E-state index is 0.156. The molecule has 32 heavy (non-hydrogen) atoms. The molecule has 1 amide bonds. The van der Waals surface area contributed by atoms with Gasteiger partial charge in [-0.3, -0.25) is 4.79 Å². The summed E-state index contributed by atoms with van der Waals surface area (Å²) < 4.78 is 84.7. The monoisotopic (exact) mass is 495 g/mol. The van der Waals surface area contributed by atoms with Gasteiger partial charge in [-0.2, -0.15) is 13.1 Å². The summed E-state index contributed by atoms with van der Waals surface area (Å²) in [6, 6.07) is 5.56. The number of nitrogens with zero attached hydrogens (tertiary/aromatic N) is 2. The van der Waals surface area contributed by atoms with Crippen LogP contribution in [-0.2, 0) is 21.4 Å². The number of benzene rings is 1. The highest BCUT2D eigenvalue weighted by molar-refractivity contribution is 7.89. The second-order valence-electron chi connectivity index (χ2n) is 7.00. The van der Waals surface area contributed by atoms with Crippen LogP contribution in [0.5, 0.6) is 5.75 Å². The number of sulfonamides is 1. The third kappa shape index (κ3) is 5.87. The standard InChI is InChI=1S/C19H18ClF4N3O4S/c20-13-3-6-16(26-10-13)32(29,30)27(15-9-19(23,24)7-8-25-17(15)28)11-12-1-4-14(5-2-12)31-18(21)22/h1-6,10,15,18H,7-9,11H2,(H,25,28)/t15-/m1/s1. The summed E-state index contributed by atoms with van der Waals surface area (Å²) in [5.74, 6) is -4.34. The molecule has 1 aliphatic rings. The zero-order chi connectivity index (χ0) is 23.5. The molecule has 0 aliphatic carbocycles. The number of aromatic nitrogens is 1. The van der Waals surface area contributed by atoms with Gasteiger partial charge in [0.2, 0.25) is 5.91 Å². The van der Waals surface area contributed by atoms with E-state index in [0.717, 1.165) is 12.3 Å². The van der Waals surface area contributed by atoms with Gasteiger partial charge in [-0.15, -0.1) is 0 Å². The summed E-state index contributed by atoms with van der Waals surface area (Å²) in [5.41, 5.74) is 0.254. The van der Waals surface area contributed by atoms with Gasteiger partial charge < -0.3 is 10.1 Å². The highest BCUT2D eigenvalue weighted by Crippen LogP contribution is 2.32. The number of carbonyl (C=O) groups excluding carboxylic acids is 1. The second-order valence-corrected chi connectivity index (χ2v) is 9.28. The molecule has 3 rings (SSSR count). The SMILES string of the molecule is O=C1NCCC(F)(F)C[C@H]1N(Cc1ccc(OC(F)F)cc1)S(=O)(=O)c1ccc(Cl)cn1. The average Bonchev–Trinajstić information content (AvgIpc) is 2.84. The number of carbonyl (C=O) groups is 1. The zero-order valence-corrected chi connectivity index (χ0v) is 17.9.